The molecular formula is C19H27F2N3O3S. The number of halogens is 2. The molecule has 1 amide bonds. The number of carbonyl (C=O) groups excluding carboxylic acids is 1. The van der Waals surface area contributed by atoms with Gasteiger partial charge in [0.25, 0.3) is 0 Å². The van der Waals surface area contributed by atoms with Crippen molar-refractivity contribution in [3.05, 3.63) is 29.8 Å². The monoisotopic (exact) mass is 415 g/mol. The standard InChI is InChI=1S/C19H27F2N3O3S/c1-22(2)15-4-3-9-23(13-15)19(25)14-7-10-24(11-8-14)28(26,27)16-5-6-17(20)18(21)12-16/h5-6,12,14-15H,3-4,7-11,13H2,1-2H3. The van der Waals surface area contributed by atoms with E-state index in [2.05, 4.69) is 4.90 Å². The van der Waals surface area contributed by atoms with Crippen LogP contribution in [-0.4, -0.2) is 74.7 Å². The smallest absolute Gasteiger partial charge is 0.243 e. The summed E-state index contributed by atoms with van der Waals surface area (Å²) in [4.78, 5) is 16.7. The quantitative estimate of drug-likeness (QED) is 0.754. The average Bonchev–Trinajstić information content (AvgIpc) is 2.69. The van der Waals surface area contributed by atoms with Gasteiger partial charge in [-0.1, -0.05) is 0 Å². The first kappa shape index (κ1) is 21.1. The van der Waals surface area contributed by atoms with Crippen molar-refractivity contribution in [3.63, 3.8) is 0 Å². The zero-order valence-corrected chi connectivity index (χ0v) is 17.1. The van der Waals surface area contributed by atoms with Crippen molar-refractivity contribution in [1.82, 2.24) is 14.1 Å². The fourth-order valence-electron chi connectivity index (χ4n) is 3.96. The zero-order chi connectivity index (χ0) is 20.5. The molecule has 1 atom stereocenters. The Morgan fingerprint density at radius 3 is 2.36 bits per heavy atom. The lowest BCUT2D eigenvalue weighted by Gasteiger charge is -2.39. The molecule has 1 aromatic carbocycles. The highest BCUT2D eigenvalue weighted by Gasteiger charge is 2.35. The second kappa shape index (κ2) is 8.42. The third kappa shape index (κ3) is 4.36. The van der Waals surface area contributed by atoms with Gasteiger partial charge in [0.15, 0.2) is 11.6 Å². The second-order valence-corrected chi connectivity index (χ2v) is 9.74. The van der Waals surface area contributed by atoms with E-state index in [1.807, 2.05) is 19.0 Å². The minimum Gasteiger partial charge on any atom is -0.341 e. The molecule has 2 aliphatic rings. The van der Waals surface area contributed by atoms with Crippen LogP contribution in [0.2, 0.25) is 0 Å². The van der Waals surface area contributed by atoms with Crippen LogP contribution < -0.4 is 0 Å². The number of amides is 1. The molecule has 0 saturated carbocycles. The van der Waals surface area contributed by atoms with Crippen LogP contribution in [0.1, 0.15) is 25.7 Å². The Bertz CT molecular complexity index is 824. The van der Waals surface area contributed by atoms with Gasteiger partial charge >= 0.3 is 0 Å². The van der Waals surface area contributed by atoms with E-state index in [0.717, 1.165) is 31.5 Å². The molecule has 156 valence electrons. The van der Waals surface area contributed by atoms with Crippen LogP contribution >= 0.6 is 0 Å². The highest BCUT2D eigenvalue weighted by atomic mass is 32.2. The summed E-state index contributed by atoms with van der Waals surface area (Å²) in [5.74, 6) is -2.37. The van der Waals surface area contributed by atoms with E-state index in [1.54, 1.807) is 0 Å². The predicted molar refractivity (Wildman–Crippen MR) is 101 cm³/mol. The molecule has 0 N–H and O–H groups in total. The largest absolute Gasteiger partial charge is 0.341 e. The molecule has 0 bridgehead atoms. The number of nitrogens with zero attached hydrogens (tertiary/aromatic N) is 3. The van der Waals surface area contributed by atoms with E-state index >= 15 is 0 Å². The Morgan fingerprint density at radius 2 is 1.75 bits per heavy atom. The molecule has 2 aliphatic heterocycles. The third-order valence-corrected chi connectivity index (χ3v) is 7.67. The van der Waals surface area contributed by atoms with Crippen LogP contribution in [0, 0.1) is 17.6 Å². The topological polar surface area (TPSA) is 60.9 Å². The van der Waals surface area contributed by atoms with E-state index < -0.39 is 21.7 Å². The molecule has 2 heterocycles. The van der Waals surface area contributed by atoms with Crippen LogP contribution in [0.15, 0.2) is 23.1 Å². The van der Waals surface area contributed by atoms with Crippen molar-refractivity contribution in [2.24, 2.45) is 5.92 Å². The second-order valence-electron chi connectivity index (χ2n) is 7.80. The van der Waals surface area contributed by atoms with Gasteiger partial charge in [-0.3, -0.25) is 4.79 Å². The molecule has 0 spiro atoms. The Morgan fingerprint density at radius 1 is 1.07 bits per heavy atom. The lowest BCUT2D eigenvalue weighted by molar-refractivity contribution is -0.138. The van der Waals surface area contributed by atoms with Gasteiger partial charge in [-0.25, -0.2) is 17.2 Å². The maximum Gasteiger partial charge on any atom is 0.243 e. The number of rotatable bonds is 4. The van der Waals surface area contributed by atoms with Gasteiger partial charge in [0.05, 0.1) is 4.90 Å². The van der Waals surface area contributed by atoms with E-state index in [4.69, 9.17) is 0 Å². The maximum atomic E-state index is 13.4. The summed E-state index contributed by atoms with van der Waals surface area (Å²) in [6.07, 6.45) is 2.91. The molecule has 0 aliphatic carbocycles. The number of sulfonamides is 1. The van der Waals surface area contributed by atoms with Crippen molar-refractivity contribution in [1.29, 1.82) is 0 Å². The molecule has 3 rings (SSSR count). The Kier molecular flexibility index (Phi) is 6.36. The van der Waals surface area contributed by atoms with Crippen molar-refractivity contribution < 1.29 is 22.0 Å². The number of benzene rings is 1. The first-order valence-electron chi connectivity index (χ1n) is 9.60. The number of hydrogen-bond donors (Lipinski definition) is 0. The number of likely N-dealkylation sites (N-methyl/N-ethyl adjacent to an activating group) is 1. The van der Waals surface area contributed by atoms with Crippen LogP contribution in [0.5, 0.6) is 0 Å². The highest BCUT2D eigenvalue weighted by molar-refractivity contribution is 7.89. The lowest BCUT2D eigenvalue weighted by Crippen LogP contribution is -2.51. The molecule has 28 heavy (non-hydrogen) atoms. The van der Waals surface area contributed by atoms with Crippen molar-refractivity contribution in [2.45, 2.75) is 36.6 Å². The van der Waals surface area contributed by atoms with Crippen molar-refractivity contribution in [3.8, 4) is 0 Å². The number of likely N-dealkylation sites (tertiary alicyclic amines) is 1. The number of hydrogen-bond acceptors (Lipinski definition) is 4. The molecule has 9 heteroatoms. The van der Waals surface area contributed by atoms with Gasteiger partial charge in [0.2, 0.25) is 15.9 Å². The lowest BCUT2D eigenvalue weighted by atomic mass is 9.94. The maximum absolute atomic E-state index is 13.4. The highest BCUT2D eigenvalue weighted by Crippen LogP contribution is 2.27. The molecule has 0 radical (unpaired) electrons. The summed E-state index contributed by atoms with van der Waals surface area (Å²) >= 11 is 0. The minimum atomic E-state index is -3.90. The van der Waals surface area contributed by atoms with E-state index in [9.17, 15) is 22.0 Å². The van der Waals surface area contributed by atoms with E-state index in [1.165, 1.54) is 4.31 Å². The van der Waals surface area contributed by atoms with Gasteiger partial charge in [-0.05, 0) is 58.0 Å². The molecule has 6 nitrogen and oxygen atoms in total. The van der Waals surface area contributed by atoms with Crippen molar-refractivity contribution >= 4 is 15.9 Å². The predicted octanol–water partition coefficient (Wildman–Crippen LogP) is 1.92. The zero-order valence-electron chi connectivity index (χ0n) is 16.3. The van der Waals surface area contributed by atoms with E-state index in [0.29, 0.717) is 31.5 Å². The van der Waals surface area contributed by atoms with Gasteiger partial charge in [-0.2, -0.15) is 4.31 Å². The summed E-state index contributed by atoms with van der Waals surface area (Å²) in [7, 11) is 0.128. The van der Waals surface area contributed by atoms with Crippen LogP contribution in [0.3, 0.4) is 0 Å². The molecule has 2 saturated heterocycles. The first-order chi connectivity index (χ1) is 13.2. The summed E-state index contributed by atoms with van der Waals surface area (Å²) in [5.41, 5.74) is 0. The van der Waals surface area contributed by atoms with Gasteiger partial charge < -0.3 is 9.80 Å². The third-order valence-electron chi connectivity index (χ3n) is 5.77. The molecular weight excluding hydrogens is 388 g/mol. The Balaban J connectivity index is 1.62. The Hall–Kier alpha value is -1.58. The summed E-state index contributed by atoms with van der Waals surface area (Å²) < 4.78 is 53.1. The molecule has 0 aromatic heterocycles. The number of carbonyl (C=O) groups is 1. The number of piperidine rings is 2. The molecule has 2 fully saturated rings. The normalized spacial score (nSPS) is 22.6. The average molecular weight is 416 g/mol. The summed E-state index contributed by atoms with van der Waals surface area (Å²) in [6, 6.07) is 2.94. The van der Waals surface area contributed by atoms with Gasteiger partial charge in [-0.15, -0.1) is 0 Å². The van der Waals surface area contributed by atoms with Crippen LogP contribution in [-0.2, 0) is 14.8 Å². The van der Waals surface area contributed by atoms with Crippen molar-refractivity contribution in [2.75, 3.05) is 40.3 Å². The molecule has 1 unspecified atom stereocenters. The fourth-order valence-corrected chi connectivity index (χ4v) is 5.45. The minimum absolute atomic E-state index is 0.0939. The van der Waals surface area contributed by atoms with E-state index in [-0.39, 0.29) is 29.8 Å². The molecule has 1 aromatic rings. The van der Waals surface area contributed by atoms with Crippen LogP contribution in [0.4, 0.5) is 8.78 Å². The van der Waals surface area contributed by atoms with Crippen LogP contribution in [0.25, 0.3) is 0 Å². The fraction of sp³-hybridized carbons (Fsp3) is 0.632. The summed E-state index contributed by atoms with van der Waals surface area (Å²) in [5, 5.41) is 0. The Labute approximate surface area is 165 Å². The van der Waals surface area contributed by atoms with Gasteiger partial charge in [0, 0.05) is 38.1 Å². The first-order valence-corrected chi connectivity index (χ1v) is 11.0. The summed E-state index contributed by atoms with van der Waals surface area (Å²) in [6.45, 7) is 1.85. The van der Waals surface area contributed by atoms with Gasteiger partial charge in [0.1, 0.15) is 0 Å². The SMILES string of the molecule is CN(C)C1CCCN(C(=O)C2CCN(S(=O)(=O)c3ccc(F)c(F)c3)CC2)C1.